The molecule has 0 aliphatic rings. The van der Waals surface area contributed by atoms with Gasteiger partial charge in [0.15, 0.2) is 5.69 Å². The fourth-order valence-electron chi connectivity index (χ4n) is 1.43. The van der Waals surface area contributed by atoms with Gasteiger partial charge in [0, 0.05) is 5.38 Å². The largest absolute Gasteiger partial charge is 0.464 e. The van der Waals surface area contributed by atoms with Crippen LogP contribution in [0.25, 0.3) is 0 Å². The van der Waals surface area contributed by atoms with Crippen molar-refractivity contribution in [1.29, 1.82) is 0 Å². The Hall–Kier alpha value is -1.72. The minimum atomic E-state index is -0.437. The summed E-state index contributed by atoms with van der Waals surface area (Å²) in [5.41, 5.74) is 7.34. The fraction of sp³-hybridized carbons (Fsp3) is 0.167. The predicted molar refractivity (Wildman–Crippen MR) is 65.9 cm³/mol. The highest BCUT2D eigenvalue weighted by molar-refractivity contribution is 7.10. The molecule has 0 spiro atoms. The summed E-state index contributed by atoms with van der Waals surface area (Å²) in [5, 5.41) is 2.36. The van der Waals surface area contributed by atoms with E-state index in [9.17, 15) is 4.79 Å². The van der Waals surface area contributed by atoms with Crippen LogP contribution in [0.4, 0.5) is 0 Å². The van der Waals surface area contributed by atoms with Crippen LogP contribution in [-0.2, 0) is 4.74 Å². The van der Waals surface area contributed by atoms with Crippen LogP contribution < -0.4 is 5.73 Å². The first-order valence-corrected chi connectivity index (χ1v) is 5.94. The van der Waals surface area contributed by atoms with E-state index in [1.54, 1.807) is 5.38 Å². The number of carbonyl (C=O) groups is 1. The van der Waals surface area contributed by atoms with Gasteiger partial charge in [0.05, 0.1) is 13.2 Å². The van der Waals surface area contributed by atoms with Gasteiger partial charge in [-0.1, -0.05) is 30.3 Å². The van der Waals surface area contributed by atoms with Gasteiger partial charge >= 0.3 is 5.97 Å². The Balaban J connectivity index is 2.23. The van der Waals surface area contributed by atoms with Gasteiger partial charge in [-0.15, -0.1) is 11.3 Å². The zero-order valence-electron chi connectivity index (χ0n) is 9.29. The van der Waals surface area contributed by atoms with Crippen molar-refractivity contribution in [3.8, 4) is 0 Å². The maximum absolute atomic E-state index is 11.3. The van der Waals surface area contributed by atoms with Crippen molar-refractivity contribution in [2.45, 2.75) is 6.04 Å². The summed E-state index contributed by atoms with van der Waals surface area (Å²) in [4.78, 5) is 15.4. The number of nitrogens with zero attached hydrogens (tertiary/aromatic N) is 1. The molecule has 1 aromatic carbocycles. The highest BCUT2D eigenvalue weighted by Gasteiger charge is 2.16. The Kier molecular flexibility index (Phi) is 3.51. The molecule has 0 amide bonds. The molecule has 1 unspecified atom stereocenters. The van der Waals surface area contributed by atoms with Crippen LogP contribution in [-0.4, -0.2) is 18.1 Å². The molecule has 1 atom stereocenters. The number of esters is 1. The van der Waals surface area contributed by atoms with Crippen LogP contribution in [0, 0.1) is 0 Å². The van der Waals surface area contributed by atoms with E-state index in [4.69, 9.17) is 5.73 Å². The van der Waals surface area contributed by atoms with Gasteiger partial charge in [-0.3, -0.25) is 0 Å². The van der Waals surface area contributed by atoms with Gasteiger partial charge in [-0.25, -0.2) is 9.78 Å². The number of aromatic nitrogens is 1. The zero-order chi connectivity index (χ0) is 12.3. The van der Waals surface area contributed by atoms with Crippen LogP contribution in [0.5, 0.6) is 0 Å². The van der Waals surface area contributed by atoms with Crippen molar-refractivity contribution in [2.75, 3.05) is 7.11 Å². The average Bonchev–Trinajstić information content (AvgIpc) is 2.87. The van der Waals surface area contributed by atoms with Gasteiger partial charge in [0.2, 0.25) is 0 Å². The standard InChI is InChI=1S/C12H12N2O2S/c1-16-12(15)9-7-17-11(14-9)10(13)8-5-3-2-4-6-8/h2-7,10H,13H2,1H3. The summed E-state index contributed by atoms with van der Waals surface area (Å²) in [6.45, 7) is 0. The minimum Gasteiger partial charge on any atom is -0.464 e. The van der Waals surface area contributed by atoms with Gasteiger partial charge in [0.1, 0.15) is 5.01 Å². The number of carbonyl (C=O) groups excluding carboxylic acids is 1. The Morgan fingerprint density at radius 3 is 2.76 bits per heavy atom. The number of hydrogen-bond acceptors (Lipinski definition) is 5. The van der Waals surface area contributed by atoms with Crippen molar-refractivity contribution >= 4 is 17.3 Å². The topological polar surface area (TPSA) is 65.2 Å². The lowest BCUT2D eigenvalue weighted by atomic mass is 10.1. The monoisotopic (exact) mass is 248 g/mol. The van der Waals surface area contributed by atoms with Gasteiger partial charge in [-0.2, -0.15) is 0 Å². The number of methoxy groups -OCH3 is 1. The zero-order valence-corrected chi connectivity index (χ0v) is 10.1. The lowest BCUT2D eigenvalue weighted by Gasteiger charge is -2.07. The molecule has 1 heterocycles. The lowest BCUT2D eigenvalue weighted by Crippen LogP contribution is -2.12. The average molecular weight is 248 g/mol. The van der Waals surface area contributed by atoms with Crippen molar-refractivity contribution < 1.29 is 9.53 Å². The Bertz CT molecular complexity index is 510. The first-order valence-electron chi connectivity index (χ1n) is 5.06. The third-order valence-corrected chi connectivity index (χ3v) is 3.27. The van der Waals surface area contributed by atoms with Crippen LogP contribution in [0.3, 0.4) is 0 Å². The van der Waals surface area contributed by atoms with Crippen molar-refractivity contribution in [1.82, 2.24) is 4.98 Å². The maximum atomic E-state index is 11.3. The van der Waals surface area contributed by atoms with E-state index >= 15 is 0 Å². The molecule has 2 rings (SSSR count). The van der Waals surface area contributed by atoms with E-state index in [2.05, 4.69) is 9.72 Å². The molecule has 1 aromatic heterocycles. The summed E-state index contributed by atoms with van der Waals surface area (Å²) in [5.74, 6) is -0.437. The summed E-state index contributed by atoms with van der Waals surface area (Å²) < 4.78 is 4.60. The number of rotatable bonds is 3. The smallest absolute Gasteiger partial charge is 0.357 e. The van der Waals surface area contributed by atoms with E-state index in [1.165, 1.54) is 18.4 Å². The Labute approximate surface area is 103 Å². The second-order valence-corrected chi connectivity index (χ2v) is 4.34. The van der Waals surface area contributed by atoms with Gasteiger partial charge in [-0.05, 0) is 5.56 Å². The summed E-state index contributed by atoms with van der Waals surface area (Å²) in [6, 6.07) is 9.33. The van der Waals surface area contributed by atoms with E-state index in [1.807, 2.05) is 30.3 Å². The molecule has 4 nitrogen and oxygen atoms in total. The summed E-state index contributed by atoms with van der Waals surface area (Å²) >= 11 is 1.36. The van der Waals surface area contributed by atoms with Crippen molar-refractivity contribution in [2.24, 2.45) is 5.73 Å². The molecule has 0 aliphatic heterocycles. The predicted octanol–water partition coefficient (Wildman–Crippen LogP) is 1.98. The third kappa shape index (κ3) is 2.51. The molecule has 0 saturated carbocycles. The van der Waals surface area contributed by atoms with E-state index < -0.39 is 5.97 Å². The summed E-state index contributed by atoms with van der Waals surface area (Å²) in [6.07, 6.45) is 0. The second kappa shape index (κ2) is 5.07. The molecule has 17 heavy (non-hydrogen) atoms. The Morgan fingerprint density at radius 1 is 1.41 bits per heavy atom. The highest BCUT2D eigenvalue weighted by atomic mass is 32.1. The number of ether oxygens (including phenoxy) is 1. The molecule has 0 aliphatic carbocycles. The van der Waals surface area contributed by atoms with E-state index in [0.29, 0.717) is 10.7 Å². The molecule has 0 fully saturated rings. The maximum Gasteiger partial charge on any atom is 0.357 e. The minimum absolute atomic E-state index is 0.305. The van der Waals surface area contributed by atoms with E-state index in [0.717, 1.165) is 5.56 Å². The Morgan fingerprint density at radius 2 is 2.12 bits per heavy atom. The summed E-state index contributed by atoms with van der Waals surface area (Å²) in [7, 11) is 1.33. The SMILES string of the molecule is COC(=O)c1csc(C(N)c2ccccc2)n1. The number of hydrogen-bond donors (Lipinski definition) is 1. The lowest BCUT2D eigenvalue weighted by molar-refractivity contribution is 0.0594. The molecule has 88 valence electrons. The normalized spacial score (nSPS) is 12.1. The number of thiazole rings is 1. The quantitative estimate of drug-likeness (QED) is 0.843. The number of benzene rings is 1. The van der Waals surface area contributed by atoms with E-state index in [-0.39, 0.29) is 6.04 Å². The highest BCUT2D eigenvalue weighted by Crippen LogP contribution is 2.22. The molecular formula is C12H12N2O2S. The molecule has 2 N–H and O–H groups in total. The van der Waals surface area contributed by atoms with Crippen LogP contribution in [0.1, 0.15) is 27.1 Å². The molecule has 2 aromatic rings. The molecule has 0 radical (unpaired) electrons. The molecule has 0 bridgehead atoms. The van der Waals surface area contributed by atoms with Crippen LogP contribution in [0.15, 0.2) is 35.7 Å². The molecule has 0 saturated heterocycles. The second-order valence-electron chi connectivity index (χ2n) is 3.45. The molecule has 5 heteroatoms. The van der Waals surface area contributed by atoms with Gasteiger partial charge < -0.3 is 10.5 Å². The van der Waals surface area contributed by atoms with Gasteiger partial charge in [0.25, 0.3) is 0 Å². The number of nitrogens with two attached hydrogens (primary N) is 1. The van der Waals surface area contributed by atoms with Crippen molar-refractivity contribution in [3.05, 3.63) is 52.0 Å². The molecular weight excluding hydrogens is 236 g/mol. The first-order chi connectivity index (χ1) is 8.22. The first kappa shape index (κ1) is 11.8. The fourth-order valence-corrected chi connectivity index (χ4v) is 2.25. The van der Waals surface area contributed by atoms with Crippen LogP contribution >= 0.6 is 11.3 Å². The van der Waals surface area contributed by atoms with Crippen molar-refractivity contribution in [3.63, 3.8) is 0 Å². The third-order valence-electron chi connectivity index (χ3n) is 2.34. The van der Waals surface area contributed by atoms with Crippen LogP contribution in [0.2, 0.25) is 0 Å².